The second kappa shape index (κ2) is 8.62. The van der Waals surface area contributed by atoms with Crippen molar-refractivity contribution in [2.24, 2.45) is 5.92 Å². The number of carbonyl (C=O) groups is 1. The molecule has 2 aromatic carbocycles. The van der Waals surface area contributed by atoms with Crippen LogP contribution in [0.5, 0.6) is 5.75 Å². The van der Waals surface area contributed by atoms with Crippen LogP contribution in [0.4, 0.5) is 17.1 Å². The van der Waals surface area contributed by atoms with Crippen molar-refractivity contribution >= 4 is 40.3 Å². The molecule has 0 radical (unpaired) electrons. The van der Waals surface area contributed by atoms with Gasteiger partial charge in [-0.25, -0.2) is 0 Å². The third kappa shape index (κ3) is 3.75. The largest absolute Gasteiger partial charge is 0.497 e. The fourth-order valence-corrected chi connectivity index (χ4v) is 4.62. The standard InChI is InChI=1S/C23H27N3O3S/c1-16-22(28)26(20-7-9-21(29-2)10-8-20)23(30)25(16)19-5-3-18(4-6-19)24-13-11-17(15-27)12-14-24/h3-10,16-17,27H,11-15H2,1-2H3. The highest BCUT2D eigenvalue weighted by molar-refractivity contribution is 7.81. The van der Waals surface area contributed by atoms with Gasteiger partial charge < -0.3 is 19.6 Å². The molecule has 2 aliphatic heterocycles. The summed E-state index contributed by atoms with van der Waals surface area (Å²) in [6.45, 7) is 4.06. The summed E-state index contributed by atoms with van der Waals surface area (Å²) in [4.78, 5) is 18.8. The van der Waals surface area contributed by atoms with E-state index in [0.29, 0.717) is 11.0 Å². The van der Waals surface area contributed by atoms with E-state index in [-0.39, 0.29) is 18.6 Å². The molecule has 2 heterocycles. The average Bonchev–Trinajstić information content (AvgIpc) is 3.02. The molecule has 0 saturated carbocycles. The number of hydrogen-bond acceptors (Lipinski definition) is 5. The quantitative estimate of drug-likeness (QED) is 0.741. The van der Waals surface area contributed by atoms with Gasteiger partial charge >= 0.3 is 0 Å². The Morgan fingerprint density at radius 2 is 1.57 bits per heavy atom. The van der Waals surface area contributed by atoms with Crippen LogP contribution in [0.1, 0.15) is 19.8 Å². The Morgan fingerprint density at radius 3 is 2.13 bits per heavy atom. The fraction of sp³-hybridized carbons (Fsp3) is 0.391. The van der Waals surface area contributed by atoms with Crippen molar-refractivity contribution in [3.63, 3.8) is 0 Å². The van der Waals surface area contributed by atoms with Gasteiger partial charge in [0.05, 0.1) is 12.8 Å². The van der Waals surface area contributed by atoms with Crippen LogP contribution in [0.3, 0.4) is 0 Å². The molecule has 1 amide bonds. The minimum atomic E-state index is -0.370. The van der Waals surface area contributed by atoms with Gasteiger partial charge in [-0.3, -0.25) is 9.69 Å². The van der Waals surface area contributed by atoms with Gasteiger partial charge in [0.2, 0.25) is 0 Å². The first-order chi connectivity index (χ1) is 14.5. The molecule has 1 atom stereocenters. The lowest BCUT2D eigenvalue weighted by Crippen LogP contribution is -2.35. The van der Waals surface area contributed by atoms with E-state index in [9.17, 15) is 9.90 Å². The third-order valence-corrected chi connectivity index (χ3v) is 6.44. The average molecular weight is 426 g/mol. The first-order valence-electron chi connectivity index (χ1n) is 10.3. The summed E-state index contributed by atoms with van der Waals surface area (Å²) >= 11 is 5.69. The number of anilines is 3. The predicted octanol–water partition coefficient (Wildman–Crippen LogP) is 3.43. The van der Waals surface area contributed by atoms with Crippen LogP contribution in [0, 0.1) is 5.92 Å². The molecule has 7 heteroatoms. The number of amides is 1. The molecule has 2 aliphatic rings. The molecule has 30 heavy (non-hydrogen) atoms. The molecule has 2 saturated heterocycles. The molecule has 2 fully saturated rings. The second-order valence-electron chi connectivity index (χ2n) is 7.83. The summed E-state index contributed by atoms with van der Waals surface area (Å²) < 4.78 is 5.21. The van der Waals surface area contributed by atoms with Crippen molar-refractivity contribution in [2.45, 2.75) is 25.8 Å². The number of nitrogens with zero attached hydrogens (tertiary/aromatic N) is 3. The van der Waals surface area contributed by atoms with Gasteiger partial charge in [-0.15, -0.1) is 0 Å². The zero-order chi connectivity index (χ0) is 21.3. The van der Waals surface area contributed by atoms with Gasteiger partial charge in [-0.1, -0.05) is 0 Å². The van der Waals surface area contributed by atoms with Crippen LogP contribution in [-0.4, -0.2) is 49.0 Å². The molecular weight excluding hydrogens is 398 g/mol. The van der Waals surface area contributed by atoms with Crippen molar-refractivity contribution < 1.29 is 14.6 Å². The Morgan fingerprint density at radius 1 is 1.00 bits per heavy atom. The molecule has 2 aromatic rings. The minimum Gasteiger partial charge on any atom is -0.497 e. The summed E-state index contributed by atoms with van der Waals surface area (Å²) in [6, 6.07) is 15.2. The molecule has 0 spiro atoms. The molecule has 6 nitrogen and oxygen atoms in total. The van der Waals surface area contributed by atoms with E-state index in [4.69, 9.17) is 17.0 Å². The van der Waals surface area contributed by atoms with Gasteiger partial charge in [0, 0.05) is 31.1 Å². The monoisotopic (exact) mass is 425 g/mol. The molecule has 0 aliphatic carbocycles. The number of carbonyl (C=O) groups excluding carboxylic acids is 1. The SMILES string of the molecule is COc1ccc(N2C(=O)C(C)N(c3ccc(N4CCC(CO)CC4)cc3)C2=S)cc1. The summed E-state index contributed by atoms with van der Waals surface area (Å²) in [5, 5.41) is 9.81. The van der Waals surface area contributed by atoms with E-state index in [1.807, 2.05) is 48.2 Å². The van der Waals surface area contributed by atoms with E-state index in [2.05, 4.69) is 17.0 Å². The first-order valence-corrected chi connectivity index (χ1v) is 10.7. The van der Waals surface area contributed by atoms with Crippen molar-refractivity contribution in [3.8, 4) is 5.75 Å². The number of hydrogen-bond donors (Lipinski definition) is 1. The van der Waals surface area contributed by atoms with Crippen molar-refractivity contribution in [1.29, 1.82) is 0 Å². The smallest absolute Gasteiger partial charge is 0.256 e. The lowest BCUT2D eigenvalue weighted by molar-refractivity contribution is -0.117. The minimum absolute atomic E-state index is 0.0414. The van der Waals surface area contributed by atoms with Crippen molar-refractivity contribution in [1.82, 2.24) is 0 Å². The molecule has 1 unspecified atom stereocenters. The predicted molar refractivity (Wildman–Crippen MR) is 123 cm³/mol. The highest BCUT2D eigenvalue weighted by atomic mass is 32.1. The number of aliphatic hydroxyl groups excluding tert-OH is 1. The molecule has 158 valence electrons. The normalized spacial score (nSPS) is 20.2. The Labute approximate surface area is 182 Å². The Hall–Kier alpha value is -2.64. The van der Waals surface area contributed by atoms with E-state index < -0.39 is 0 Å². The van der Waals surface area contributed by atoms with E-state index >= 15 is 0 Å². The van der Waals surface area contributed by atoms with Crippen LogP contribution in [-0.2, 0) is 4.79 Å². The highest BCUT2D eigenvalue weighted by Crippen LogP contribution is 2.32. The molecule has 1 N–H and O–H groups in total. The van der Waals surface area contributed by atoms with Crippen molar-refractivity contribution in [3.05, 3.63) is 48.5 Å². The van der Waals surface area contributed by atoms with Crippen LogP contribution >= 0.6 is 12.2 Å². The molecule has 0 bridgehead atoms. The second-order valence-corrected chi connectivity index (χ2v) is 8.19. The Balaban J connectivity index is 1.52. The van der Waals surface area contributed by atoms with Crippen LogP contribution in [0.15, 0.2) is 48.5 Å². The van der Waals surface area contributed by atoms with Crippen LogP contribution < -0.4 is 19.4 Å². The van der Waals surface area contributed by atoms with Gasteiger partial charge in [0.15, 0.2) is 5.11 Å². The Bertz CT molecular complexity index is 908. The summed E-state index contributed by atoms with van der Waals surface area (Å²) in [5.41, 5.74) is 2.81. The number of aliphatic hydroxyl groups is 1. The zero-order valence-electron chi connectivity index (χ0n) is 17.3. The van der Waals surface area contributed by atoms with Gasteiger partial charge in [-0.2, -0.15) is 0 Å². The van der Waals surface area contributed by atoms with E-state index in [0.717, 1.165) is 48.7 Å². The summed E-state index contributed by atoms with van der Waals surface area (Å²) in [5.74, 6) is 1.11. The van der Waals surface area contributed by atoms with Crippen molar-refractivity contribution in [2.75, 3.05) is 41.5 Å². The molecular formula is C23H27N3O3S. The first kappa shape index (κ1) is 20.6. The molecule has 4 rings (SSSR count). The van der Waals surface area contributed by atoms with Gasteiger partial charge in [0.25, 0.3) is 5.91 Å². The van der Waals surface area contributed by atoms with E-state index in [1.165, 1.54) is 0 Å². The zero-order valence-corrected chi connectivity index (χ0v) is 18.1. The van der Waals surface area contributed by atoms with Gasteiger partial charge in [0.1, 0.15) is 11.8 Å². The number of benzene rings is 2. The Kier molecular flexibility index (Phi) is 5.92. The van der Waals surface area contributed by atoms with Gasteiger partial charge in [-0.05, 0) is 86.4 Å². The number of piperidine rings is 1. The van der Waals surface area contributed by atoms with Crippen LogP contribution in [0.2, 0.25) is 0 Å². The lowest BCUT2D eigenvalue weighted by Gasteiger charge is -2.33. The number of thiocarbonyl (C=S) groups is 1. The topological polar surface area (TPSA) is 56.2 Å². The van der Waals surface area contributed by atoms with Crippen LogP contribution in [0.25, 0.3) is 0 Å². The number of rotatable bonds is 5. The lowest BCUT2D eigenvalue weighted by atomic mass is 9.97. The number of methoxy groups -OCH3 is 1. The maximum atomic E-state index is 13.0. The number of ether oxygens (including phenoxy) is 1. The summed E-state index contributed by atoms with van der Waals surface area (Å²) in [7, 11) is 1.61. The van der Waals surface area contributed by atoms with E-state index in [1.54, 1.807) is 12.0 Å². The fourth-order valence-electron chi connectivity index (χ4n) is 4.17. The highest BCUT2D eigenvalue weighted by Gasteiger charge is 2.41. The molecule has 0 aromatic heterocycles. The summed E-state index contributed by atoms with van der Waals surface area (Å²) in [6.07, 6.45) is 2.02. The maximum absolute atomic E-state index is 13.0. The maximum Gasteiger partial charge on any atom is 0.256 e. The third-order valence-electron chi connectivity index (χ3n) is 6.06.